The van der Waals surface area contributed by atoms with E-state index in [2.05, 4.69) is 43.7 Å². The van der Waals surface area contributed by atoms with E-state index >= 15 is 0 Å². The molecule has 0 bridgehead atoms. The minimum Gasteiger partial charge on any atom is -0.493 e. The predicted molar refractivity (Wildman–Crippen MR) is 134 cm³/mol. The number of nitrogens with zero attached hydrogens (tertiary/aromatic N) is 2. The Morgan fingerprint density at radius 1 is 0.912 bits per heavy atom. The van der Waals surface area contributed by atoms with E-state index in [1.165, 1.54) is 16.8 Å². The summed E-state index contributed by atoms with van der Waals surface area (Å²) in [4.78, 5) is 0. The maximum atomic E-state index is 10.4. The van der Waals surface area contributed by atoms with Crippen LogP contribution in [0.2, 0.25) is 0 Å². The Balaban J connectivity index is 1.80. The number of ether oxygens (including phenoxy) is 4. The second-order valence-corrected chi connectivity index (χ2v) is 9.24. The molecular weight excluding hydrogens is 428 g/mol. The van der Waals surface area contributed by atoms with E-state index in [0.29, 0.717) is 11.5 Å². The van der Waals surface area contributed by atoms with Gasteiger partial charge in [0.15, 0.2) is 35.3 Å². The molecule has 1 unspecified atom stereocenters. The highest BCUT2D eigenvalue weighted by Crippen LogP contribution is 2.41. The van der Waals surface area contributed by atoms with Crippen LogP contribution in [0.5, 0.6) is 23.0 Å². The van der Waals surface area contributed by atoms with Gasteiger partial charge in [-0.2, -0.15) is 5.26 Å². The van der Waals surface area contributed by atoms with Crippen LogP contribution in [0.3, 0.4) is 0 Å². The van der Waals surface area contributed by atoms with Crippen molar-refractivity contribution in [3.8, 4) is 29.1 Å². The molecule has 2 aromatic rings. The molecule has 0 saturated heterocycles. The quantitative estimate of drug-likeness (QED) is 0.454. The van der Waals surface area contributed by atoms with Gasteiger partial charge in [-0.3, -0.25) is 0 Å². The van der Waals surface area contributed by atoms with Crippen LogP contribution >= 0.6 is 0 Å². The molecule has 6 nitrogen and oxygen atoms in total. The van der Waals surface area contributed by atoms with Crippen molar-refractivity contribution >= 4 is 5.71 Å². The fourth-order valence-corrected chi connectivity index (χ4v) is 4.98. The van der Waals surface area contributed by atoms with Gasteiger partial charge in [0.05, 0.1) is 46.3 Å². The molecule has 0 N–H and O–H groups in total. The van der Waals surface area contributed by atoms with E-state index in [1.54, 1.807) is 28.4 Å². The molecule has 0 spiro atoms. The molecule has 0 aliphatic carbocycles. The average Bonchev–Trinajstić information content (AvgIpc) is 2.85. The maximum Gasteiger partial charge on any atom is 0.168 e. The Morgan fingerprint density at radius 3 is 2.06 bits per heavy atom. The highest BCUT2D eigenvalue weighted by molar-refractivity contribution is 5.83. The Hall–Kier alpha value is -3.20. The van der Waals surface area contributed by atoms with Gasteiger partial charge in [-0.05, 0) is 54.2 Å². The molecule has 1 atom stereocenters. The van der Waals surface area contributed by atoms with Gasteiger partial charge in [-0.1, -0.05) is 19.9 Å². The third-order valence-electron chi connectivity index (χ3n) is 7.17. The second kappa shape index (κ2) is 10.8. The number of rotatable bonds is 10. The zero-order valence-electron chi connectivity index (χ0n) is 21.5. The lowest BCUT2D eigenvalue weighted by molar-refractivity contribution is -0.518. The van der Waals surface area contributed by atoms with Crippen LogP contribution in [0.25, 0.3) is 0 Å². The molecule has 34 heavy (non-hydrogen) atoms. The van der Waals surface area contributed by atoms with Gasteiger partial charge < -0.3 is 18.9 Å². The van der Waals surface area contributed by atoms with Gasteiger partial charge in [0.1, 0.15) is 7.05 Å². The Morgan fingerprint density at radius 2 is 1.50 bits per heavy atom. The minimum atomic E-state index is -0.595. The van der Waals surface area contributed by atoms with Crippen molar-refractivity contribution in [3.63, 3.8) is 0 Å². The van der Waals surface area contributed by atoms with Crippen molar-refractivity contribution in [2.45, 2.75) is 51.5 Å². The molecule has 6 heteroatoms. The minimum absolute atomic E-state index is 0.155. The summed E-state index contributed by atoms with van der Waals surface area (Å²) in [6.45, 7) is 5.08. The number of hydrogen-bond donors (Lipinski definition) is 0. The number of hydrogen-bond acceptors (Lipinski definition) is 5. The first-order chi connectivity index (χ1) is 16.3. The molecule has 0 amide bonds. The first kappa shape index (κ1) is 25.4. The van der Waals surface area contributed by atoms with Crippen molar-refractivity contribution in [3.05, 3.63) is 47.0 Å². The first-order valence-electron chi connectivity index (χ1n) is 11.8. The molecule has 1 aliphatic heterocycles. The molecule has 182 valence electrons. The van der Waals surface area contributed by atoms with E-state index < -0.39 is 5.41 Å². The number of benzene rings is 2. The summed E-state index contributed by atoms with van der Waals surface area (Å²) in [5, 5.41) is 10.4. The van der Waals surface area contributed by atoms with Crippen LogP contribution in [0.4, 0.5) is 0 Å². The zero-order chi connectivity index (χ0) is 24.9. The summed E-state index contributed by atoms with van der Waals surface area (Å²) in [5.74, 6) is 3.02. The van der Waals surface area contributed by atoms with Crippen LogP contribution in [0, 0.1) is 17.2 Å². The van der Waals surface area contributed by atoms with Gasteiger partial charge in [0.2, 0.25) is 0 Å². The largest absolute Gasteiger partial charge is 0.493 e. The number of methoxy groups -OCH3 is 4. The molecule has 1 heterocycles. The van der Waals surface area contributed by atoms with Crippen LogP contribution in [-0.2, 0) is 18.4 Å². The monoisotopic (exact) mass is 465 g/mol. The summed E-state index contributed by atoms with van der Waals surface area (Å²) in [7, 11) is 8.74. The standard InChI is InChI=1S/C28H37N2O4/c1-19(2)28(18-29,22-10-11-24(31-4)27(16-22)34-7)12-8-9-23-13-20-14-25(32-5)26(33-6)15-21(20)17-30(23)3/h10-11,14-16,19H,8-9,12-13,17H2,1-7H3/q+1. The molecule has 2 aromatic carbocycles. The summed E-state index contributed by atoms with van der Waals surface area (Å²) >= 11 is 0. The first-order valence-corrected chi connectivity index (χ1v) is 11.8. The summed E-state index contributed by atoms with van der Waals surface area (Å²) in [6, 6.07) is 12.7. The van der Waals surface area contributed by atoms with Crippen molar-refractivity contribution in [1.29, 1.82) is 5.26 Å². The van der Waals surface area contributed by atoms with E-state index in [1.807, 2.05) is 18.2 Å². The topological polar surface area (TPSA) is 63.7 Å². The van der Waals surface area contributed by atoms with E-state index in [4.69, 9.17) is 18.9 Å². The van der Waals surface area contributed by atoms with Gasteiger partial charge in [0, 0.05) is 12.0 Å². The SMILES string of the molecule is COc1ccc(C(C#N)(CCCC2=[N+](C)Cc3cc(OC)c(OC)cc3C2)C(C)C)cc1OC. The van der Waals surface area contributed by atoms with Gasteiger partial charge in [0.25, 0.3) is 0 Å². The normalized spacial score (nSPS) is 14.8. The van der Waals surface area contributed by atoms with Crippen LogP contribution in [0.15, 0.2) is 30.3 Å². The van der Waals surface area contributed by atoms with Crippen LogP contribution < -0.4 is 18.9 Å². The predicted octanol–water partition coefficient (Wildman–Crippen LogP) is 5.15. The lowest BCUT2D eigenvalue weighted by Crippen LogP contribution is -2.32. The third kappa shape index (κ3) is 4.84. The zero-order valence-corrected chi connectivity index (χ0v) is 21.5. The molecule has 0 fully saturated rings. The highest BCUT2D eigenvalue weighted by Gasteiger charge is 2.37. The van der Waals surface area contributed by atoms with Gasteiger partial charge in [-0.15, -0.1) is 0 Å². The van der Waals surface area contributed by atoms with Crippen LogP contribution in [0.1, 0.15) is 49.8 Å². The average molecular weight is 466 g/mol. The summed E-state index contributed by atoms with van der Waals surface area (Å²) in [6.07, 6.45) is 3.51. The molecule has 3 rings (SSSR count). The highest BCUT2D eigenvalue weighted by atomic mass is 16.5. The van der Waals surface area contributed by atoms with Crippen molar-refractivity contribution in [2.24, 2.45) is 5.92 Å². The summed E-state index contributed by atoms with van der Waals surface area (Å²) < 4.78 is 24.2. The van der Waals surface area contributed by atoms with Gasteiger partial charge >= 0.3 is 0 Å². The summed E-state index contributed by atoms with van der Waals surface area (Å²) in [5.41, 5.74) is 4.31. The number of nitriles is 1. The fourth-order valence-electron chi connectivity index (χ4n) is 4.98. The van der Waals surface area contributed by atoms with Crippen molar-refractivity contribution in [1.82, 2.24) is 0 Å². The molecule has 1 aliphatic rings. The lowest BCUT2D eigenvalue weighted by atomic mass is 9.69. The molecule has 0 radical (unpaired) electrons. The van der Waals surface area contributed by atoms with Crippen LogP contribution in [-0.4, -0.2) is 45.8 Å². The maximum absolute atomic E-state index is 10.4. The molecule has 0 aromatic heterocycles. The fraction of sp³-hybridized carbons (Fsp3) is 0.500. The molecular formula is C28H37N2O4+. The lowest BCUT2D eigenvalue weighted by Gasteiger charge is -2.32. The Bertz CT molecular complexity index is 1100. The number of fused-ring (bicyclic) bond motifs is 1. The second-order valence-electron chi connectivity index (χ2n) is 9.24. The van der Waals surface area contributed by atoms with Crippen molar-refractivity contribution in [2.75, 3.05) is 35.5 Å². The van der Waals surface area contributed by atoms with E-state index in [9.17, 15) is 5.26 Å². The van der Waals surface area contributed by atoms with E-state index in [0.717, 1.165) is 49.3 Å². The molecule has 0 saturated carbocycles. The smallest absolute Gasteiger partial charge is 0.168 e. The Kier molecular flexibility index (Phi) is 8.09. The third-order valence-corrected chi connectivity index (χ3v) is 7.17. The van der Waals surface area contributed by atoms with Gasteiger partial charge in [-0.25, -0.2) is 4.58 Å². The van der Waals surface area contributed by atoms with E-state index in [-0.39, 0.29) is 5.92 Å². The Labute approximate surface area is 203 Å². The van der Waals surface area contributed by atoms with Crippen molar-refractivity contribution < 1.29 is 23.5 Å².